The Hall–Kier alpha value is -1.58. The van der Waals surface area contributed by atoms with Crippen LogP contribution in [0.25, 0.3) is 11.6 Å². The molecule has 0 fully saturated rings. The average Bonchev–Trinajstić information content (AvgIpc) is 2.67. The summed E-state index contributed by atoms with van der Waals surface area (Å²) in [5.41, 5.74) is 4.20. The fourth-order valence-electron chi connectivity index (χ4n) is 2.40. The number of anilines is 1. The number of fused-ring (bicyclic) bond motifs is 1. The average molecular weight is 316 g/mol. The number of nitrogens with zero attached hydrogens (tertiary/aromatic N) is 1. The van der Waals surface area contributed by atoms with Gasteiger partial charge in [0.05, 0.1) is 0 Å². The Morgan fingerprint density at radius 1 is 1.11 bits per heavy atom. The Morgan fingerprint density at radius 2 is 1.79 bits per heavy atom. The van der Waals surface area contributed by atoms with E-state index in [0.717, 1.165) is 26.9 Å². The second-order valence-electron chi connectivity index (χ2n) is 4.65. The summed E-state index contributed by atoms with van der Waals surface area (Å²) in [6, 6.07) is 16.1. The van der Waals surface area contributed by atoms with Gasteiger partial charge in [-0.15, -0.1) is 0 Å². The van der Waals surface area contributed by atoms with E-state index in [1.807, 2.05) is 66.6 Å². The minimum atomic E-state index is -0.582. The minimum Gasteiger partial charge on any atom is -0.369 e. The molecule has 96 valence electrons. The zero-order valence-corrected chi connectivity index (χ0v) is 12.1. The molecular formula is C16H14BrNO. The molecular weight excluding hydrogens is 302 g/mol. The smallest absolute Gasteiger partial charge is 0.153 e. The minimum absolute atomic E-state index is 0.582. The van der Waals surface area contributed by atoms with Crippen LogP contribution in [-0.4, -0.2) is 18.4 Å². The number of rotatable bonds is 1. The van der Waals surface area contributed by atoms with E-state index in [1.165, 1.54) is 0 Å². The lowest BCUT2D eigenvalue weighted by Crippen LogP contribution is -2.26. The van der Waals surface area contributed by atoms with E-state index in [4.69, 9.17) is 0 Å². The van der Waals surface area contributed by atoms with Crippen molar-refractivity contribution in [2.75, 3.05) is 11.9 Å². The van der Waals surface area contributed by atoms with Crippen molar-refractivity contribution in [3.05, 3.63) is 64.1 Å². The highest BCUT2D eigenvalue weighted by atomic mass is 79.9. The molecule has 2 aromatic carbocycles. The highest BCUT2D eigenvalue weighted by molar-refractivity contribution is 9.10. The molecule has 0 saturated heterocycles. The van der Waals surface area contributed by atoms with Gasteiger partial charge in [0.15, 0.2) is 6.23 Å². The molecule has 0 bridgehead atoms. The van der Waals surface area contributed by atoms with Crippen LogP contribution < -0.4 is 4.90 Å². The Kier molecular flexibility index (Phi) is 3.17. The molecule has 0 amide bonds. The molecule has 1 atom stereocenters. The van der Waals surface area contributed by atoms with E-state index in [1.54, 1.807) is 0 Å². The van der Waals surface area contributed by atoms with Crippen molar-refractivity contribution in [2.45, 2.75) is 6.23 Å². The first kappa shape index (κ1) is 12.5. The maximum absolute atomic E-state index is 10.3. The van der Waals surface area contributed by atoms with Gasteiger partial charge in [-0.25, -0.2) is 0 Å². The van der Waals surface area contributed by atoms with E-state index in [0.29, 0.717) is 0 Å². The number of halogens is 1. The Balaban J connectivity index is 2.08. The van der Waals surface area contributed by atoms with Gasteiger partial charge in [-0.2, -0.15) is 0 Å². The lowest BCUT2D eigenvalue weighted by molar-refractivity contribution is 0.238. The summed E-state index contributed by atoms with van der Waals surface area (Å²) in [6.45, 7) is 0. The van der Waals surface area contributed by atoms with Crippen molar-refractivity contribution in [3.8, 4) is 0 Å². The van der Waals surface area contributed by atoms with Crippen LogP contribution in [0.2, 0.25) is 0 Å². The van der Waals surface area contributed by atoms with E-state index in [2.05, 4.69) is 15.9 Å². The molecule has 0 saturated carbocycles. The number of benzene rings is 2. The Morgan fingerprint density at radius 3 is 2.53 bits per heavy atom. The van der Waals surface area contributed by atoms with E-state index < -0.39 is 6.23 Å². The number of likely N-dealkylation sites (N-methyl/N-ethyl adjacent to an activating group) is 1. The molecule has 3 heteroatoms. The predicted octanol–water partition coefficient (Wildman–Crippen LogP) is 3.76. The molecule has 1 heterocycles. The fraction of sp³-hybridized carbons (Fsp3) is 0.125. The van der Waals surface area contributed by atoms with Crippen molar-refractivity contribution < 1.29 is 5.11 Å². The van der Waals surface area contributed by atoms with Crippen LogP contribution in [0.3, 0.4) is 0 Å². The molecule has 19 heavy (non-hydrogen) atoms. The van der Waals surface area contributed by atoms with Crippen molar-refractivity contribution in [1.82, 2.24) is 0 Å². The number of hydrogen-bond acceptors (Lipinski definition) is 2. The van der Waals surface area contributed by atoms with Crippen LogP contribution in [0, 0.1) is 0 Å². The van der Waals surface area contributed by atoms with Gasteiger partial charge in [0.2, 0.25) is 0 Å². The first-order valence-corrected chi connectivity index (χ1v) is 6.93. The number of aliphatic hydroxyl groups excluding tert-OH is 1. The lowest BCUT2D eigenvalue weighted by atomic mass is 10.0. The van der Waals surface area contributed by atoms with E-state index in [-0.39, 0.29) is 0 Å². The van der Waals surface area contributed by atoms with Crippen LogP contribution in [0.4, 0.5) is 5.69 Å². The topological polar surface area (TPSA) is 23.5 Å². The SMILES string of the molecule is CN1c2ccccc2/C(=C/c2ccc(Br)cc2)C1O. The highest BCUT2D eigenvalue weighted by Crippen LogP contribution is 2.39. The third-order valence-corrected chi connectivity index (χ3v) is 3.96. The zero-order valence-electron chi connectivity index (χ0n) is 10.5. The second kappa shape index (κ2) is 4.83. The fourth-order valence-corrected chi connectivity index (χ4v) is 2.66. The van der Waals surface area contributed by atoms with Crippen LogP contribution in [0.15, 0.2) is 53.0 Å². The van der Waals surface area contributed by atoms with E-state index in [9.17, 15) is 5.11 Å². The first-order chi connectivity index (χ1) is 9.16. The van der Waals surface area contributed by atoms with Crippen molar-refractivity contribution in [1.29, 1.82) is 0 Å². The lowest BCUT2D eigenvalue weighted by Gasteiger charge is -2.17. The number of hydrogen-bond donors (Lipinski definition) is 1. The van der Waals surface area contributed by atoms with Gasteiger partial charge in [0.1, 0.15) is 0 Å². The van der Waals surface area contributed by atoms with Crippen molar-refractivity contribution in [2.24, 2.45) is 0 Å². The van der Waals surface area contributed by atoms with Crippen LogP contribution in [-0.2, 0) is 0 Å². The third kappa shape index (κ3) is 2.20. The Bertz CT molecular complexity index is 633. The summed E-state index contributed by atoms with van der Waals surface area (Å²) in [5, 5.41) is 10.3. The van der Waals surface area contributed by atoms with Gasteiger partial charge in [0.25, 0.3) is 0 Å². The van der Waals surface area contributed by atoms with Crippen LogP contribution in [0.1, 0.15) is 11.1 Å². The maximum atomic E-state index is 10.3. The molecule has 1 aliphatic rings. The van der Waals surface area contributed by atoms with Gasteiger partial charge < -0.3 is 10.0 Å². The first-order valence-electron chi connectivity index (χ1n) is 6.14. The molecule has 1 unspecified atom stereocenters. The van der Waals surface area contributed by atoms with Gasteiger partial charge in [0, 0.05) is 28.3 Å². The summed E-state index contributed by atoms with van der Waals surface area (Å²) < 4.78 is 1.05. The molecule has 0 aromatic heterocycles. The zero-order chi connectivity index (χ0) is 13.4. The predicted molar refractivity (Wildman–Crippen MR) is 82.9 cm³/mol. The second-order valence-corrected chi connectivity index (χ2v) is 5.57. The monoisotopic (exact) mass is 315 g/mol. The largest absolute Gasteiger partial charge is 0.369 e. The number of para-hydroxylation sites is 1. The summed E-state index contributed by atoms with van der Waals surface area (Å²) in [4.78, 5) is 1.89. The Labute approximate surface area is 121 Å². The summed E-state index contributed by atoms with van der Waals surface area (Å²) in [6.07, 6.45) is 1.46. The van der Waals surface area contributed by atoms with Gasteiger partial charge in [-0.05, 0) is 29.8 Å². The summed E-state index contributed by atoms with van der Waals surface area (Å²) in [5.74, 6) is 0. The summed E-state index contributed by atoms with van der Waals surface area (Å²) >= 11 is 3.43. The van der Waals surface area contributed by atoms with Crippen molar-refractivity contribution in [3.63, 3.8) is 0 Å². The van der Waals surface area contributed by atoms with Crippen LogP contribution in [0.5, 0.6) is 0 Å². The molecule has 2 nitrogen and oxygen atoms in total. The number of aliphatic hydroxyl groups is 1. The standard InChI is InChI=1S/C16H14BrNO/c1-18-15-5-3-2-4-13(15)14(16(18)19)10-11-6-8-12(17)9-7-11/h2-10,16,19H,1H3/b14-10-. The van der Waals surface area contributed by atoms with Gasteiger partial charge >= 0.3 is 0 Å². The molecule has 1 aliphatic heterocycles. The van der Waals surface area contributed by atoms with E-state index >= 15 is 0 Å². The quantitative estimate of drug-likeness (QED) is 0.866. The molecule has 0 spiro atoms. The summed E-state index contributed by atoms with van der Waals surface area (Å²) in [7, 11) is 1.91. The van der Waals surface area contributed by atoms with Crippen molar-refractivity contribution >= 4 is 33.3 Å². The maximum Gasteiger partial charge on any atom is 0.153 e. The van der Waals surface area contributed by atoms with Crippen LogP contribution >= 0.6 is 15.9 Å². The molecule has 2 aromatic rings. The highest BCUT2D eigenvalue weighted by Gasteiger charge is 2.28. The van der Waals surface area contributed by atoms with Gasteiger partial charge in [-0.1, -0.05) is 46.3 Å². The molecule has 0 aliphatic carbocycles. The molecule has 0 radical (unpaired) electrons. The molecule has 3 rings (SSSR count). The normalized spacial score (nSPS) is 19.8. The van der Waals surface area contributed by atoms with Gasteiger partial charge in [-0.3, -0.25) is 0 Å². The molecule has 1 N–H and O–H groups in total. The third-order valence-electron chi connectivity index (χ3n) is 3.43.